The third-order valence-electron chi connectivity index (χ3n) is 4.50. The number of carbonyl (C=O) groups is 2. The van der Waals surface area contributed by atoms with Crippen LogP contribution in [0.4, 0.5) is 0 Å². The second kappa shape index (κ2) is 8.16. The first-order chi connectivity index (χ1) is 12.9. The number of piperazine rings is 1. The summed E-state index contributed by atoms with van der Waals surface area (Å²) in [5.41, 5.74) is 3.44. The average Bonchev–Trinajstić information content (AvgIpc) is 2.65. The van der Waals surface area contributed by atoms with Crippen molar-refractivity contribution in [3.05, 3.63) is 52.8 Å². The summed E-state index contributed by atoms with van der Waals surface area (Å²) in [5.74, 6) is 0.560. The zero-order valence-corrected chi connectivity index (χ0v) is 15.9. The molecule has 0 bridgehead atoms. The van der Waals surface area contributed by atoms with Crippen molar-refractivity contribution in [3.63, 3.8) is 0 Å². The Morgan fingerprint density at radius 1 is 0.963 bits per heavy atom. The standard InChI is InChI=1S/C20H24N4O3/c1-14-8-15(2)10-18(9-14)27-13-19(25)23-4-6-24(7-5-23)20(26)17-11-16(3)22-21-12-17/h8-12H,4-7,13H2,1-3H3. The minimum atomic E-state index is -0.0772. The molecule has 7 heteroatoms. The van der Waals surface area contributed by atoms with Crippen LogP contribution in [0, 0.1) is 20.8 Å². The second-order valence-corrected chi connectivity index (χ2v) is 6.87. The summed E-state index contributed by atoms with van der Waals surface area (Å²) in [6, 6.07) is 7.62. The molecule has 2 heterocycles. The van der Waals surface area contributed by atoms with Gasteiger partial charge in [-0.15, -0.1) is 0 Å². The Morgan fingerprint density at radius 2 is 1.59 bits per heavy atom. The van der Waals surface area contributed by atoms with Gasteiger partial charge in [0.2, 0.25) is 0 Å². The summed E-state index contributed by atoms with van der Waals surface area (Å²) in [6.45, 7) is 7.79. The minimum absolute atomic E-state index is 0.00427. The van der Waals surface area contributed by atoms with E-state index in [1.54, 1.807) is 22.8 Å². The van der Waals surface area contributed by atoms with E-state index in [-0.39, 0.29) is 18.4 Å². The summed E-state index contributed by atoms with van der Waals surface area (Å²) in [6.07, 6.45) is 1.48. The van der Waals surface area contributed by atoms with Gasteiger partial charge in [-0.05, 0) is 50.1 Å². The monoisotopic (exact) mass is 368 g/mol. The summed E-state index contributed by atoms with van der Waals surface area (Å²) in [7, 11) is 0. The molecule has 27 heavy (non-hydrogen) atoms. The van der Waals surface area contributed by atoms with Gasteiger partial charge in [-0.3, -0.25) is 9.59 Å². The van der Waals surface area contributed by atoms with E-state index in [0.29, 0.717) is 43.2 Å². The van der Waals surface area contributed by atoms with Crippen LogP contribution in [-0.4, -0.2) is 64.6 Å². The summed E-state index contributed by atoms with van der Waals surface area (Å²) >= 11 is 0. The van der Waals surface area contributed by atoms with Crippen molar-refractivity contribution >= 4 is 11.8 Å². The van der Waals surface area contributed by atoms with Crippen LogP contribution < -0.4 is 4.74 Å². The molecule has 2 amide bonds. The molecule has 3 rings (SSSR count). The SMILES string of the molecule is Cc1cc(C)cc(OCC(=O)N2CCN(C(=O)c3cnnc(C)c3)CC2)c1. The van der Waals surface area contributed by atoms with Gasteiger partial charge in [-0.1, -0.05) is 6.07 Å². The number of aromatic nitrogens is 2. The van der Waals surface area contributed by atoms with Gasteiger partial charge >= 0.3 is 0 Å². The molecule has 0 atom stereocenters. The van der Waals surface area contributed by atoms with Gasteiger partial charge in [-0.2, -0.15) is 10.2 Å². The zero-order chi connectivity index (χ0) is 19.4. The molecule has 0 unspecified atom stereocenters. The number of nitrogens with zero attached hydrogens (tertiary/aromatic N) is 4. The number of carbonyl (C=O) groups excluding carboxylic acids is 2. The smallest absolute Gasteiger partial charge is 0.260 e. The van der Waals surface area contributed by atoms with Gasteiger partial charge in [0.05, 0.1) is 17.5 Å². The van der Waals surface area contributed by atoms with E-state index >= 15 is 0 Å². The molecule has 0 aliphatic carbocycles. The molecule has 1 aromatic carbocycles. The number of aryl methyl sites for hydroxylation is 3. The third kappa shape index (κ3) is 4.81. The van der Waals surface area contributed by atoms with Crippen LogP contribution in [0.5, 0.6) is 5.75 Å². The number of benzene rings is 1. The second-order valence-electron chi connectivity index (χ2n) is 6.87. The molecule has 2 aromatic rings. The molecule has 1 aliphatic heterocycles. The first kappa shape index (κ1) is 18.8. The summed E-state index contributed by atoms with van der Waals surface area (Å²) in [5, 5.41) is 7.70. The highest BCUT2D eigenvalue weighted by atomic mass is 16.5. The van der Waals surface area contributed by atoms with Crippen molar-refractivity contribution in [3.8, 4) is 5.75 Å². The molecule has 0 radical (unpaired) electrons. The van der Waals surface area contributed by atoms with Gasteiger partial charge in [-0.25, -0.2) is 0 Å². The van der Waals surface area contributed by atoms with Crippen LogP contribution in [0.1, 0.15) is 27.2 Å². The lowest BCUT2D eigenvalue weighted by Gasteiger charge is -2.34. The van der Waals surface area contributed by atoms with Crippen LogP contribution in [-0.2, 0) is 4.79 Å². The highest BCUT2D eigenvalue weighted by Gasteiger charge is 2.25. The summed E-state index contributed by atoms with van der Waals surface area (Å²) < 4.78 is 5.65. The molecule has 0 saturated carbocycles. The molecular weight excluding hydrogens is 344 g/mol. The fraction of sp³-hybridized carbons (Fsp3) is 0.400. The maximum Gasteiger partial charge on any atom is 0.260 e. The molecule has 142 valence electrons. The van der Waals surface area contributed by atoms with Crippen molar-refractivity contribution in [2.75, 3.05) is 32.8 Å². The van der Waals surface area contributed by atoms with Crippen LogP contribution in [0.25, 0.3) is 0 Å². The first-order valence-electron chi connectivity index (χ1n) is 9.00. The molecule has 1 fully saturated rings. The van der Waals surface area contributed by atoms with Crippen LogP contribution >= 0.6 is 0 Å². The number of hydrogen-bond acceptors (Lipinski definition) is 5. The molecule has 1 saturated heterocycles. The molecule has 0 N–H and O–H groups in total. The van der Waals surface area contributed by atoms with Crippen molar-refractivity contribution in [2.24, 2.45) is 0 Å². The number of amides is 2. The van der Waals surface area contributed by atoms with Crippen molar-refractivity contribution < 1.29 is 14.3 Å². The Hall–Kier alpha value is -2.96. The Kier molecular flexibility index (Phi) is 5.69. The van der Waals surface area contributed by atoms with Crippen molar-refractivity contribution in [1.29, 1.82) is 0 Å². The third-order valence-corrected chi connectivity index (χ3v) is 4.50. The van der Waals surface area contributed by atoms with Gasteiger partial charge < -0.3 is 14.5 Å². The average molecular weight is 368 g/mol. The largest absolute Gasteiger partial charge is 0.484 e. The fourth-order valence-electron chi connectivity index (χ4n) is 3.18. The first-order valence-corrected chi connectivity index (χ1v) is 9.00. The van der Waals surface area contributed by atoms with Crippen LogP contribution in [0.3, 0.4) is 0 Å². The molecule has 1 aromatic heterocycles. The lowest BCUT2D eigenvalue weighted by atomic mass is 10.1. The van der Waals surface area contributed by atoms with E-state index in [1.807, 2.05) is 26.0 Å². The lowest BCUT2D eigenvalue weighted by molar-refractivity contribution is -0.134. The van der Waals surface area contributed by atoms with E-state index in [4.69, 9.17) is 4.74 Å². The fourth-order valence-corrected chi connectivity index (χ4v) is 3.18. The number of ether oxygens (including phenoxy) is 1. The maximum absolute atomic E-state index is 12.5. The van der Waals surface area contributed by atoms with Gasteiger partial charge in [0, 0.05) is 26.2 Å². The van der Waals surface area contributed by atoms with Gasteiger partial charge in [0.25, 0.3) is 11.8 Å². The van der Waals surface area contributed by atoms with Crippen LogP contribution in [0.15, 0.2) is 30.5 Å². The van der Waals surface area contributed by atoms with Gasteiger partial charge in [0.15, 0.2) is 6.61 Å². The minimum Gasteiger partial charge on any atom is -0.484 e. The normalized spacial score (nSPS) is 14.2. The maximum atomic E-state index is 12.5. The lowest BCUT2D eigenvalue weighted by Crippen LogP contribution is -2.51. The van der Waals surface area contributed by atoms with E-state index < -0.39 is 0 Å². The highest BCUT2D eigenvalue weighted by molar-refractivity contribution is 5.94. The predicted octanol–water partition coefficient (Wildman–Crippen LogP) is 1.77. The molecular formula is C20H24N4O3. The Morgan fingerprint density at radius 3 is 2.22 bits per heavy atom. The van der Waals surface area contributed by atoms with Crippen LogP contribution in [0.2, 0.25) is 0 Å². The summed E-state index contributed by atoms with van der Waals surface area (Å²) in [4.78, 5) is 28.4. The Bertz CT molecular complexity index is 825. The number of rotatable bonds is 4. The predicted molar refractivity (Wildman–Crippen MR) is 101 cm³/mol. The van der Waals surface area contributed by atoms with E-state index in [0.717, 1.165) is 11.1 Å². The Labute approximate surface area is 158 Å². The molecule has 1 aliphatic rings. The molecule has 0 spiro atoms. The van der Waals surface area contributed by atoms with Crippen molar-refractivity contribution in [1.82, 2.24) is 20.0 Å². The van der Waals surface area contributed by atoms with Crippen molar-refractivity contribution in [2.45, 2.75) is 20.8 Å². The van der Waals surface area contributed by atoms with E-state index in [9.17, 15) is 9.59 Å². The quantitative estimate of drug-likeness (QED) is 0.822. The number of hydrogen-bond donors (Lipinski definition) is 0. The topological polar surface area (TPSA) is 75.6 Å². The molecule has 7 nitrogen and oxygen atoms in total. The highest BCUT2D eigenvalue weighted by Crippen LogP contribution is 2.16. The van der Waals surface area contributed by atoms with E-state index in [2.05, 4.69) is 16.3 Å². The Balaban J connectivity index is 1.51. The van der Waals surface area contributed by atoms with E-state index in [1.165, 1.54) is 6.20 Å². The zero-order valence-electron chi connectivity index (χ0n) is 15.9. The van der Waals surface area contributed by atoms with Gasteiger partial charge in [0.1, 0.15) is 5.75 Å².